The first-order valence-electron chi connectivity index (χ1n) is 5.70. The number of hydrogen-bond acceptors (Lipinski definition) is 2. The highest BCUT2D eigenvalue weighted by Crippen LogP contribution is 2.32. The Morgan fingerprint density at radius 1 is 1.42 bits per heavy atom. The summed E-state index contributed by atoms with van der Waals surface area (Å²) in [7, 11) is 0. The lowest BCUT2D eigenvalue weighted by Crippen LogP contribution is -2.40. The smallest absolute Gasteiger partial charge is 0.398 e. The molecule has 1 saturated carbocycles. The molecule has 19 heavy (non-hydrogen) atoms. The zero-order valence-electron chi connectivity index (χ0n) is 9.88. The van der Waals surface area contributed by atoms with Gasteiger partial charge in [0.2, 0.25) is 0 Å². The van der Waals surface area contributed by atoms with Gasteiger partial charge in [-0.25, -0.2) is 0 Å². The number of carbonyl (C=O) groups excluding carboxylic acids is 1. The molecule has 0 aliphatic heterocycles. The Bertz CT molecular complexity index is 500. The molecular formula is C12H12ClF3N2O. The van der Waals surface area contributed by atoms with Crippen LogP contribution in [0.4, 0.5) is 18.9 Å². The van der Waals surface area contributed by atoms with E-state index >= 15 is 0 Å². The van der Waals surface area contributed by atoms with Crippen LogP contribution in [0.15, 0.2) is 18.2 Å². The molecule has 0 radical (unpaired) electrons. The molecule has 0 atom stereocenters. The van der Waals surface area contributed by atoms with Crippen LogP contribution in [0.2, 0.25) is 5.02 Å². The van der Waals surface area contributed by atoms with Crippen molar-refractivity contribution >= 4 is 23.2 Å². The number of carbonyl (C=O) groups is 1. The van der Waals surface area contributed by atoms with Gasteiger partial charge in [-0.2, -0.15) is 13.2 Å². The van der Waals surface area contributed by atoms with Crippen LogP contribution in [-0.4, -0.2) is 29.6 Å². The predicted octanol–water partition coefficient (Wildman–Crippen LogP) is 3.09. The second-order valence-electron chi connectivity index (χ2n) is 4.51. The molecular weight excluding hydrogens is 281 g/mol. The largest absolute Gasteiger partial charge is 0.406 e. The molecule has 0 unspecified atom stereocenters. The summed E-state index contributed by atoms with van der Waals surface area (Å²) < 4.78 is 37.5. The lowest BCUT2D eigenvalue weighted by atomic mass is 10.1. The van der Waals surface area contributed by atoms with Gasteiger partial charge in [0.25, 0.3) is 5.91 Å². The van der Waals surface area contributed by atoms with E-state index < -0.39 is 18.6 Å². The average molecular weight is 293 g/mol. The van der Waals surface area contributed by atoms with Gasteiger partial charge in [0.1, 0.15) is 6.54 Å². The Hall–Kier alpha value is -1.43. The minimum atomic E-state index is -4.42. The van der Waals surface area contributed by atoms with Crippen molar-refractivity contribution in [3.63, 3.8) is 0 Å². The summed E-state index contributed by atoms with van der Waals surface area (Å²) in [4.78, 5) is 13.0. The monoisotopic (exact) mass is 292 g/mol. The highest BCUT2D eigenvalue weighted by atomic mass is 35.5. The van der Waals surface area contributed by atoms with Crippen molar-refractivity contribution in [3.8, 4) is 0 Å². The Morgan fingerprint density at radius 2 is 2.05 bits per heavy atom. The quantitative estimate of drug-likeness (QED) is 0.870. The Morgan fingerprint density at radius 3 is 2.53 bits per heavy atom. The fourth-order valence-electron chi connectivity index (χ4n) is 1.83. The number of anilines is 1. The summed E-state index contributed by atoms with van der Waals surface area (Å²) in [5.74, 6) is -0.700. The van der Waals surface area contributed by atoms with Gasteiger partial charge in [0, 0.05) is 16.8 Å². The maximum atomic E-state index is 12.5. The van der Waals surface area contributed by atoms with Crippen LogP contribution in [0.5, 0.6) is 0 Å². The molecule has 0 aromatic heterocycles. The number of benzene rings is 1. The van der Waals surface area contributed by atoms with Crippen LogP contribution in [0.3, 0.4) is 0 Å². The molecule has 1 aromatic carbocycles. The van der Waals surface area contributed by atoms with Crippen LogP contribution in [0.1, 0.15) is 23.2 Å². The molecule has 1 fully saturated rings. The zero-order chi connectivity index (χ0) is 14.2. The van der Waals surface area contributed by atoms with Crippen LogP contribution in [-0.2, 0) is 0 Å². The lowest BCUT2D eigenvalue weighted by molar-refractivity contribution is -0.141. The van der Waals surface area contributed by atoms with Crippen molar-refractivity contribution in [2.75, 3.05) is 12.3 Å². The normalized spacial score (nSPS) is 15.4. The standard InChI is InChI=1S/C12H12ClF3N2O/c13-7-1-4-9(10(17)5-7)11(19)18(8-2-3-8)6-12(14,15)16/h1,4-5,8H,2-3,6,17H2. The number of hydrogen-bond donors (Lipinski definition) is 1. The number of nitrogens with zero attached hydrogens (tertiary/aromatic N) is 1. The summed E-state index contributed by atoms with van der Waals surface area (Å²) in [6.45, 7) is -1.25. The number of halogens is 4. The van der Waals surface area contributed by atoms with Crippen molar-refractivity contribution in [1.29, 1.82) is 0 Å². The summed E-state index contributed by atoms with van der Waals surface area (Å²) in [5.41, 5.74) is 5.78. The zero-order valence-corrected chi connectivity index (χ0v) is 10.6. The second kappa shape index (κ2) is 4.92. The molecule has 2 rings (SSSR count). The fourth-order valence-corrected chi connectivity index (χ4v) is 2.01. The first-order chi connectivity index (χ1) is 8.78. The molecule has 0 heterocycles. The van der Waals surface area contributed by atoms with Crippen molar-refractivity contribution < 1.29 is 18.0 Å². The maximum Gasteiger partial charge on any atom is 0.406 e. The summed E-state index contributed by atoms with van der Waals surface area (Å²) in [5, 5.41) is 0.336. The van der Waals surface area contributed by atoms with Crippen LogP contribution in [0, 0.1) is 0 Å². The van der Waals surface area contributed by atoms with Gasteiger partial charge in [-0.3, -0.25) is 4.79 Å². The van der Waals surface area contributed by atoms with E-state index in [1.807, 2.05) is 0 Å². The van der Waals surface area contributed by atoms with E-state index in [0.717, 1.165) is 4.90 Å². The first-order valence-corrected chi connectivity index (χ1v) is 6.08. The molecule has 0 bridgehead atoms. The van der Waals surface area contributed by atoms with E-state index in [1.54, 1.807) is 0 Å². The van der Waals surface area contributed by atoms with E-state index in [4.69, 9.17) is 17.3 Å². The summed E-state index contributed by atoms with van der Waals surface area (Å²) in [6, 6.07) is 3.80. The molecule has 1 aliphatic rings. The molecule has 0 spiro atoms. The third-order valence-electron chi connectivity index (χ3n) is 2.84. The third-order valence-corrected chi connectivity index (χ3v) is 3.08. The Labute approximate surface area is 113 Å². The van der Waals surface area contributed by atoms with Crippen molar-refractivity contribution in [3.05, 3.63) is 28.8 Å². The van der Waals surface area contributed by atoms with Gasteiger partial charge in [-0.15, -0.1) is 0 Å². The molecule has 3 nitrogen and oxygen atoms in total. The fraction of sp³-hybridized carbons (Fsp3) is 0.417. The average Bonchev–Trinajstić information content (AvgIpc) is 3.07. The minimum Gasteiger partial charge on any atom is -0.398 e. The minimum absolute atomic E-state index is 0.0561. The van der Waals surface area contributed by atoms with Gasteiger partial charge in [-0.1, -0.05) is 11.6 Å². The van der Waals surface area contributed by atoms with Gasteiger partial charge in [0.15, 0.2) is 0 Å². The van der Waals surface area contributed by atoms with E-state index in [2.05, 4.69) is 0 Å². The van der Waals surface area contributed by atoms with Crippen molar-refractivity contribution in [2.24, 2.45) is 0 Å². The predicted molar refractivity (Wildman–Crippen MR) is 66.0 cm³/mol. The molecule has 104 valence electrons. The van der Waals surface area contributed by atoms with Gasteiger partial charge in [-0.05, 0) is 31.0 Å². The molecule has 7 heteroatoms. The first kappa shape index (κ1) is 14.0. The van der Waals surface area contributed by atoms with E-state index in [9.17, 15) is 18.0 Å². The third kappa shape index (κ3) is 3.53. The SMILES string of the molecule is Nc1cc(Cl)ccc1C(=O)N(CC(F)(F)F)C1CC1. The van der Waals surface area contributed by atoms with E-state index in [-0.39, 0.29) is 17.3 Å². The highest BCUT2D eigenvalue weighted by Gasteiger charge is 2.41. The Balaban J connectivity index is 2.24. The number of amides is 1. The summed E-state index contributed by atoms with van der Waals surface area (Å²) >= 11 is 5.70. The van der Waals surface area contributed by atoms with Gasteiger partial charge >= 0.3 is 6.18 Å². The maximum absolute atomic E-state index is 12.5. The topological polar surface area (TPSA) is 46.3 Å². The Kier molecular flexibility index (Phi) is 3.62. The summed E-state index contributed by atoms with van der Waals surface area (Å²) in [6.07, 6.45) is -3.23. The van der Waals surface area contributed by atoms with Crippen LogP contribution >= 0.6 is 11.6 Å². The number of nitrogens with two attached hydrogens (primary N) is 1. The van der Waals surface area contributed by atoms with Gasteiger partial charge in [0.05, 0.1) is 5.56 Å². The van der Waals surface area contributed by atoms with Crippen molar-refractivity contribution in [2.45, 2.75) is 25.1 Å². The van der Waals surface area contributed by atoms with Crippen LogP contribution < -0.4 is 5.73 Å². The molecule has 1 aromatic rings. The van der Waals surface area contributed by atoms with Crippen molar-refractivity contribution in [1.82, 2.24) is 4.90 Å². The second-order valence-corrected chi connectivity index (χ2v) is 4.95. The number of rotatable bonds is 3. The molecule has 2 N–H and O–H groups in total. The molecule has 0 saturated heterocycles. The molecule has 1 aliphatic carbocycles. The van der Waals surface area contributed by atoms with E-state index in [0.29, 0.717) is 17.9 Å². The van der Waals surface area contributed by atoms with Gasteiger partial charge < -0.3 is 10.6 Å². The van der Waals surface area contributed by atoms with E-state index in [1.165, 1.54) is 18.2 Å². The number of alkyl halides is 3. The molecule has 1 amide bonds. The lowest BCUT2D eigenvalue weighted by Gasteiger charge is -2.24. The highest BCUT2D eigenvalue weighted by molar-refractivity contribution is 6.31. The van der Waals surface area contributed by atoms with Crippen LogP contribution in [0.25, 0.3) is 0 Å². The number of nitrogen functional groups attached to an aromatic ring is 1.